The van der Waals surface area contributed by atoms with E-state index in [9.17, 15) is 13.2 Å². The van der Waals surface area contributed by atoms with Gasteiger partial charge in [-0.1, -0.05) is 12.1 Å². The van der Waals surface area contributed by atoms with Gasteiger partial charge in [0.25, 0.3) is 0 Å². The van der Waals surface area contributed by atoms with Crippen LogP contribution in [0.25, 0.3) is 0 Å². The van der Waals surface area contributed by atoms with Crippen LogP contribution in [-0.2, 0) is 14.8 Å². The molecule has 150 valence electrons. The Labute approximate surface area is 170 Å². The molecule has 0 bridgehead atoms. The first kappa shape index (κ1) is 20.7. The van der Waals surface area contributed by atoms with Crippen molar-refractivity contribution in [2.75, 3.05) is 30.8 Å². The highest BCUT2D eigenvalue weighted by Crippen LogP contribution is 2.26. The Morgan fingerprint density at radius 1 is 1.11 bits per heavy atom. The first-order chi connectivity index (χ1) is 13.5. The summed E-state index contributed by atoms with van der Waals surface area (Å²) < 4.78 is 32.1. The highest BCUT2D eigenvalue weighted by molar-refractivity contribution is 8.00. The van der Waals surface area contributed by atoms with E-state index in [1.54, 1.807) is 30.3 Å². The molecule has 1 N–H and O–H groups in total. The van der Waals surface area contributed by atoms with Gasteiger partial charge in [0.05, 0.1) is 22.9 Å². The lowest BCUT2D eigenvalue weighted by Gasteiger charge is -2.15. The van der Waals surface area contributed by atoms with Crippen LogP contribution in [0.1, 0.15) is 19.8 Å². The number of anilines is 1. The predicted molar refractivity (Wildman–Crippen MR) is 111 cm³/mol. The highest BCUT2D eigenvalue weighted by atomic mass is 32.2. The topological polar surface area (TPSA) is 75.7 Å². The minimum Gasteiger partial charge on any atom is -0.492 e. The van der Waals surface area contributed by atoms with E-state index in [-0.39, 0.29) is 11.7 Å². The molecule has 1 saturated heterocycles. The Balaban J connectivity index is 1.57. The van der Waals surface area contributed by atoms with Crippen molar-refractivity contribution in [3.8, 4) is 5.75 Å². The third-order valence-corrected chi connectivity index (χ3v) is 7.28. The quantitative estimate of drug-likeness (QED) is 0.661. The third kappa shape index (κ3) is 5.06. The van der Waals surface area contributed by atoms with E-state index < -0.39 is 10.0 Å². The van der Waals surface area contributed by atoms with Crippen LogP contribution in [-0.4, -0.2) is 44.1 Å². The van der Waals surface area contributed by atoms with Crippen molar-refractivity contribution in [3.63, 3.8) is 0 Å². The summed E-state index contributed by atoms with van der Waals surface area (Å²) in [5.74, 6) is 0.712. The van der Waals surface area contributed by atoms with Crippen LogP contribution in [0.2, 0.25) is 0 Å². The lowest BCUT2D eigenvalue weighted by Crippen LogP contribution is -2.27. The van der Waals surface area contributed by atoms with E-state index in [4.69, 9.17) is 4.74 Å². The molecule has 2 aromatic rings. The van der Waals surface area contributed by atoms with Crippen LogP contribution in [0.5, 0.6) is 5.75 Å². The summed E-state index contributed by atoms with van der Waals surface area (Å²) in [5.41, 5.74) is 0.641. The SMILES string of the molecule is CCOc1ccccc1NC(=O)CSc1ccc(S(=O)(=O)N2CCCC2)cc1. The molecule has 0 atom stereocenters. The molecule has 1 heterocycles. The number of nitrogens with zero attached hydrogens (tertiary/aromatic N) is 1. The molecule has 1 amide bonds. The number of sulfonamides is 1. The van der Waals surface area contributed by atoms with Crippen LogP contribution in [0, 0.1) is 0 Å². The number of carbonyl (C=O) groups excluding carboxylic acids is 1. The summed E-state index contributed by atoms with van der Waals surface area (Å²) in [6.45, 7) is 3.58. The summed E-state index contributed by atoms with van der Waals surface area (Å²) in [4.78, 5) is 13.4. The third-order valence-electron chi connectivity index (χ3n) is 4.36. The molecule has 0 spiro atoms. The molecule has 0 radical (unpaired) electrons. The first-order valence-corrected chi connectivity index (χ1v) is 11.7. The second kappa shape index (κ2) is 9.45. The number of nitrogens with one attached hydrogen (secondary N) is 1. The second-order valence-electron chi connectivity index (χ2n) is 6.35. The number of hydrogen-bond acceptors (Lipinski definition) is 5. The fraction of sp³-hybridized carbons (Fsp3) is 0.350. The minimum atomic E-state index is -3.41. The fourth-order valence-electron chi connectivity index (χ4n) is 2.97. The van der Waals surface area contributed by atoms with Gasteiger partial charge in [0, 0.05) is 18.0 Å². The van der Waals surface area contributed by atoms with Gasteiger partial charge in [-0.3, -0.25) is 4.79 Å². The van der Waals surface area contributed by atoms with E-state index >= 15 is 0 Å². The Hall–Kier alpha value is -2.03. The Morgan fingerprint density at radius 3 is 2.46 bits per heavy atom. The molecule has 0 aromatic heterocycles. The summed E-state index contributed by atoms with van der Waals surface area (Å²) in [6.07, 6.45) is 1.82. The van der Waals surface area contributed by atoms with Crippen molar-refractivity contribution in [1.82, 2.24) is 4.31 Å². The van der Waals surface area contributed by atoms with Crippen molar-refractivity contribution in [1.29, 1.82) is 0 Å². The van der Waals surface area contributed by atoms with Crippen molar-refractivity contribution in [2.24, 2.45) is 0 Å². The van der Waals surface area contributed by atoms with Gasteiger partial charge < -0.3 is 10.1 Å². The zero-order chi connectivity index (χ0) is 20.0. The van der Waals surface area contributed by atoms with Crippen molar-refractivity contribution >= 4 is 33.4 Å². The van der Waals surface area contributed by atoms with Crippen LogP contribution in [0.4, 0.5) is 5.69 Å². The lowest BCUT2D eigenvalue weighted by molar-refractivity contribution is -0.113. The van der Waals surface area contributed by atoms with Gasteiger partial charge in [0.2, 0.25) is 15.9 Å². The monoisotopic (exact) mass is 420 g/mol. The van der Waals surface area contributed by atoms with Crippen LogP contribution in [0.3, 0.4) is 0 Å². The van der Waals surface area contributed by atoms with E-state index in [0.29, 0.717) is 36.0 Å². The number of benzene rings is 2. The van der Waals surface area contributed by atoms with Gasteiger partial charge >= 0.3 is 0 Å². The molecule has 0 aliphatic carbocycles. The maximum absolute atomic E-state index is 12.5. The number of amides is 1. The van der Waals surface area contributed by atoms with Crippen molar-refractivity contribution in [2.45, 2.75) is 29.6 Å². The molecule has 28 heavy (non-hydrogen) atoms. The number of carbonyl (C=O) groups is 1. The molecule has 3 rings (SSSR count). The Bertz CT molecular complexity index is 908. The predicted octanol–water partition coefficient (Wildman–Crippen LogP) is 3.60. The van der Waals surface area contributed by atoms with Crippen molar-refractivity contribution < 1.29 is 17.9 Å². The average molecular weight is 421 g/mol. The first-order valence-electron chi connectivity index (χ1n) is 9.25. The summed E-state index contributed by atoms with van der Waals surface area (Å²) in [5, 5.41) is 2.85. The second-order valence-corrected chi connectivity index (χ2v) is 9.34. The number of rotatable bonds is 8. The normalized spacial score (nSPS) is 14.8. The van der Waals surface area contributed by atoms with E-state index in [0.717, 1.165) is 17.7 Å². The van der Waals surface area contributed by atoms with Gasteiger partial charge in [-0.25, -0.2) is 8.42 Å². The average Bonchev–Trinajstić information content (AvgIpc) is 3.24. The number of thioether (sulfide) groups is 1. The largest absolute Gasteiger partial charge is 0.492 e. The molecular formula is C20H24N2O4S2. The number of hydrogen-bond donors (Lipinski definition) is 1. The smallest absolute Gasteiger partial charge is 0.243 e. The Morgan fingerprint density at radius 2 is 1.79 bits per heavy atom. The molecule has 1 aliphatic heterocycles. The van der Waals surface area contributed by atoms with Gasteiger partial charge in [0.15, 0.2) is 0 Å². The van der Waals surface area contributed by atoms with Crippen molar-refractivity contribution in [3.05, 3.63) is 48.5 Å². The summed E-state index contributed by atoms with van der Waals surface area (Å²) >= 11 is 1.36. The van der Waals surface area contributed by atoms with Crippen LogP contribution in [0.15, 0.2) is 58.3 Å². The van der Waals surface area contributed by atoms with Crippen LogP contribution < -0.4 is 10.1 Å². The number of ether oxygens (including phenoxy) is 1. The minimum absolute atomic E-state index is 0.147. The molecule has 1 aliphatic rings. The van der Waals surface area contributed by atoms with Crippen LogP contribution >= 0.6 is 11.8 Å². The van der Waals surface area contributed by atoms with E-state index in [1.165, 1.54) is 16.1 Å². The van der Waals surface area contributed by atoms with Gasteiger partial charge in [-0.2, -0.15) is 4.31 Å². The zero-order valence-corrected chi connectivity index (χ0v) is 17.4. The molecule has 1 fully saturated rings. The van der Waals surface area contributed by atoms with Gasteiger partial charge in [-0.15, -0.1) is 11.8 Å². The molecule has 8 heteroatoms. The summed E-state index contributed by atoms with van der Waals surface area (Å²) in [6, 6.07) is 14.0. The lowest BCUT2D eigenvalue weighted by atomic mass is 10.3. The molecule has 0 unspecified atom stereocenters. The maximum atomic E-state index is 12.5. The van der Waals surface area contributed by atoms with E-state index in [1.807, 2.05) is 25.1 Å². The Kier molecular flexibility index (Phi) is 6.98. The zero-order valence-electron chi connectivity index (χ0n) is 15.8. The molecular weight excluding hydrogens is 396 g/mol. The van der Waals surface area contributed by atoms with Gasteiger partial charge in [-0.05, 0) is 56.2 Å². The summed E-state index contributed by atoms with van der Waals surface area (Å²) in [7, 11) is -3.41. The van der Waals surface area contributed by atoms with E-state index in [2.05, 4.69) is 5.32 Å². The van der Waals surface area contributed by atoms with Gasteiger partial charge in [0.1, 0.15) is 5.75 Å². The molecule has 0 saturated carbocycles. The standard InChI is InChI=1S/C20H24N2O4S2/c1-2-26-19-8-4-3-7-18(19)21-20(23)15-27-16-9-11-17(12-10-16)28(24,25)22-13-5-6-14-22/h3-4,7-12H,2,5-6,13-15H2,1H3,(H,21,23). The molecule has 6 nitrogen and oxygen atoms in total. The maximum Gasteiger partial charge on any atom is 0.243 e. The highest BCUT2D eigenvalue weighted by Gasteiger charge is 2.26. The molecule has 2 aromatic carbocycles. The number of para-hydroxylation sites is 2. The fourth-order valence-corrected chi connectivity index (χ4v) is 5.19.